The molecule has 0 radical (unpaired) electrons. The van der Waals surface area contributed by atoms with Crippen LogP contribution in [0.1, 0.15) is 46.0 Å². The Kier molecular flexibility index (Phi) is 7.28. The first-order chi connectivity index (χ1) is 8.66. The second kappa shape index (κ2) is 8.48. The first kappa shape index (κ1) is 15.4. The van der Waals surface area contributed by atoms with Crippen LogP contribution in [-0.4, -0.2) is 38.8 Å². The number of ether oxygens (including phenoxy) is 1. The second-order valence-corrected chi connectivity index (χ2v) is 5.60. The lowest BCUT2D eigenvalue weighted by Crippen LogP contribution is -2.43. The van der Waals surface area contributed by atoms with Crippen molar-refractivity contribution in [2.75, 3.05) is 32.8 Å². The van der Waals surface area contributed by atoms with Crippen LogP contribution in [0.5, 0.6) is 0 Å². The van der Waals surface area contributed by atoms with Gasteiger partial charge in [0.25, 0.3) is 0 Å². The van der Waals surface area contributed by atoms with Gasteiger partial charge in [0.05, 0.1) is 0 Å². The van der Waals surface area contributed by atoms with Crippen LogP contribution in [0.2, 0.25) is 0 Å². The maximum absolute atomic E-state index is 11.6. The number of carbonyl (C=O) groups excluding carboxylic acids is 1. The Hall–Kier alpha value is -0.610. The Morgan fingerprint density at radius 3 is 2.72 bits per heavy atom. The van der Waals surface area contributed by atoms with Crippen LogP contribution in [0.25, 0.3) is 0 Å². The first-order valence-electron chi connectivity index (χ1n) is 7.21. The van der Waals surface area contributed by atoms with Crippen molar-refractivity contribution in [2.45, 2.75) is 46.0 Å². The van der Waals surface area contributed by atoms with Crippen molar-refractivity contribution < 1.29 is 9.53 Å². The van der Waals surface area contributed by atoms with Gasteiger partial charge in [0.2, 0.25) is 5.91 Å². The zero-order valence-corrected chi connectivity index (χ0v) is 11.9. The van der Waals surface area contributed by atoms with Crippen molar-refractivity contribution in [3.63, 3.8) is 0 Å². The molecular formula is C14H28N2O2. The predicted octanol–water partition coefficient (Wildman–Crippen LogP) is 1.70. The molecule has 0 aliphatic carbocycles. The van der Waals surface area contributed by atoms with Gasteiger partial charge >= 0.3 is 0 Å². The smallest absolute Gasteiger partial charge is 0.246 e. The van der Waals surface area contributed by atoms with E-state index in [1.54, 1.807) is 0 Å². The molecule has 0 atom stereocenters. The molecule has 0 aromatic rings. The molecule has 2 N–H and O–H groups in total. The van der Waals surface area contributed by atoms with Crippen molar-refractivity contribution in [3.05, 3.63) is 0 Å². The number of unbranched alkanes of at least 4 members (excludes halogenated alkanes) is 2. The number of amides is 1. The van der Waals surface area contributed by atoms with E-state index in [2.05, 4.69) is 24.5 Å². The van der Waals surface area contributed by atoms with Crippen molar-refractivity contribution in [3.8, 4) is 0 Å². The highest BCUT2D eigenvalue weighted by atomic mass is 16.5. The van der Waals surface area contributed by atoms with Gasteiger partial charge in [-0.1, -0.05) is 26.7 Å². The summed E-state index contributed by atoms with van der Waals surface area (Å²) in [5.74, 6) is 0.0197. The van der Waals surface area contributed by atoms with Crippen LogP contribution in [0, 0.1) is 5.41 Å². The number of nitrogens with one attached hydrogen (secondary N) is 2. The maximum Gasteiger partial charge on any atom is 0.246 e. The Balaban J connectivity index is 2.05. The molecule has 0 bridgehead atoms. The molecule has 1 aliphatic heterocycles. The van der Waals surface area contributed by atoms with E-state index in [0.717, 1.165) is 38.9 Å². The quantitative estimate of drug-likeness (QED) is 0.650. The molecule has 0 spiro atoms. The van der Waals surface area contributed by atoms with E-state index in [4.69, 9.17) is 4.74 Å². The van der Waals surface area contributed by atoms with Crippen LogP contribution >= 0.6 is 0 Å². The lowest BCUT2D eigenvalue weighted by atomic mass is 9.81. The van der Waals surface area contributed by atoms with Crippen LogP contribution in [0.3, 0.4) is 0 Å². The van der Waals surface area contributed by atoms with Gasteiger partial charge in [0.1, 0.15) is 6.61 Å². The van der Waals surface area contributed by atoms with Crippen LogP contribution in [-0.2, 0) is 9.53 Å². The van der Waals surface area contributed by atoms with Gasteiger partial charge in [-0.05, 0) is 37.8 Å². The lowest BCUT2D eigenvalue weighted by Gasteiger charge is -2.34. The van der Waals surface area contributed by atoms with Crippen LogP contribution < -0.4 is 10.6 Å². The molecule has 0 saturated carbocycles. The van der Waals surface area contributed by atoms with Gasteiger partial charge < -0.3 is 15.4 Å². The Morgan fingerprint density at radius 2 is 2.06 bits per heavy atom. The molecule has 1 fully saturated rings. The summed E-state index contributed by atoms with van der Waals surface area (Å²) in [6, 6.07) is 0. The summed E-state index contributed by atoms with van der Waals surface area (Å²) in [6.07, 6.45) is 5.66. The van der Waals surface area contributed by atoms with Crippen molar-refractivity contribution >= 4 is 5.91 Å². The number of carbonyl (C=O) groups is 1. The molecular weight excluding hydrogens is 228 g/mol. The minimum absolute atomic E-state index is 0.0197. The summed E-state index contributed by atoms with van der Waals surface area (Å²) in [7, 11) is 0. The standard InChI is InChI=1S/C14H28N2O2/c1-3-4-5-10-18-11-13(17)16-12-14(2)6-8-15-9-7-14/h15H,3-12H2,1-2H3,(H,16,17). The topological polar surface area (TPSA) is 50.4 Å². The molecule has 106 valence electrons. The van der Waals surface area contributed by atoms with E-state index >= 15 is 0 Å². The van der Waals surface area contributed by atoms with E-state index in [1.165, 1.54) is 12.8 Å². The van der Waals surface area contributed by atoms with Crippen LogP contribution in [0.4, 0.5) is 0 Å². The monoisotopic (exact) mass is 256 g/mol. The molecule has 1 rings (SSSR count). The molecule has 0 aromatic heterocycles. The van der Waals surface area contributed by atoms with Crippen molar-refractivity contribution in [1.29, 1.82) is 0 Å². The predicted molar refractivity (Wildman–Crippen MR) is 73.6 cm³/mol. The van der Waals surface area contributed by atoms with E-state index < -0.39 is 0 Å². The Morgan fingerprint density at radius 1 is 1.33 bits per heavy atom. The highest BCUT2D eigenvalue weighted by molar-refractivity contribution is 5.77. The molecule has 1 amide bonds. The molecule has 4 nitrogen and oxygen atoms in total. The van der Waals surface area contributed by atoms with Gasteiger partial charge in [-0.15, -0.1) is 0 Å². The minimum atomic E-state index is 0.0197. The minimum Gasteiger partial charge on any atom is -0.372 e. The first-order valence-corrected chi connectivity index (χ1v) is 7.21. The number of rotatable bonds is 8. The third kappa shape index (κ3) is 6.36. The fourth-order valence-corrected chi connectivity index (χ4v) is 2.19. The van der Waals surface area contributed by atoms with Gasteiger partial charge in [0, 0.05) is 13.2 Å². The molecule has 0 aromatic carbocycles. The van der Waals surface area contributed by atoms with E-state index in [1.807, 2.05) is 0 Å². The van der Waals surface area contributed by atoms with Gasteiger partial charge in [0.15, 0.2) is 0 Å². The van der Waals surface area contributed by atoms with Crippen LogP contribution in [0.15, 0.2) is 0 Å². The molecule has 4 heteroatoms. The second-order valence-electron chi connectivity index (χ2n) is 5.60. The normalized spacial score (nSPS) is 18.6. The summed E-state index contributed by atoms with van der Waals surface area (Å²) in [6.45, 7) is 8.19. The molecule has 18 heavy (non-hydrogen) atoms. The maximum atomic E-state index is 11.6. The Labute approximate surface area is 111 Å². The highest BCUT2D eigenvalue weighted by Crippen LogP contribution is 2.26. The average Bonchev–Trinajstić information content (AvgIpc) is 2.37. The summed E-state index contributed by atoms with van der Waals surface area (Å²) in [4.78, 5) is 11.6. The molecule has 1 heterocycles. The number of hydrogen-bond donors (Lipinski definition) is 2. The summed E-state index contributed by atoms with van der Waals surface area (Å²) >= 11 is 0. The summed E-state index contributed by atoms with van der Waals surface area (Å²) in [5.41, 5.74) is 0.253. The van der Waals surface area contributed by atoms with Gasteiger partial charge in [-0.3, -0.25) is 4.79 Å². The zero-order chi connectivity index (χ0) is 13.3. The SMILES string of the molecule is CCCCCOCC(=O)NCC1(C)CCNCC1. The average molecular weight is 256 g/mol. The van der Waals surface area contributed by atoms with Crippen molar-refractivity contribution in [2.24, 2.45) is 5.41 Å². The van der Waals surface area contributed by atoms with Crippen molar-refractivity contribution in [1.82, 2.24) is 10.6 Å². The van der Waals surface area contributed by atoms with Gasteiger partial charge in [-0.25, -0.2) is 0 Å². The zero-order valence-electron chi connectivity index (χ0n) is 11.9. The Bertz CT molecular complexity index is 238. The largest absolute Gasteiger partial charge is 0.372 e. The third-order valence-corrected chi connectivity index (χ3v) is 3.65. The number of hydrogen-bond acceptors (Lipinski definition) is 3. The fourth-order valence-electron chi connectivity index (χ4n) is 2.19. The third-order valence-electron chi connectivity index (χ3n) is 3.65. The molecule has 0 unspecified atom stereocenters. The fraction of sp³-hybridized carbons (Fsp3) is 0.929. The summed E-state index contributed by atoms with van der Waals surface area (Å²) < 4.78 is 5.35. The van der Waals surface area contributed by atoms with E-state index in [0.29, 0.717) is 6.61 Å². The van der Waals surface area contributed by atoms with E-state index in [9.17, 15) is 4.79 Å². The van der Waals surface area contributed by atoms with Gasteiger partial charge in [-0.2, -0.15) is 0 Å². The number of piperidine rings is 1. The molecule has 1 aliphatic rings. The van der Waals surface area contributed by atoms with E-state index in [-0.39, 0.29) is 17.9 Å². The lowest BCUT2D eigenvalue weighted by molar-refractivity contribution is -0.126. The summed E-state index contributed by atoms with van der Waals surface area (Å²) in [5, 5.41) is 6.34. The highest BCUT2D eigenvalue weighted by Gasteiger charge is 2.26. The molecule has 1 saturated heterocycles.